The molecule has 0 bridgehead atoms. The lowest BCUT2D eigenvalue weighted by atomic mass is 10.3. The van der Waals surface area contributed by atoms with Gasteiger partial charge in [0.1, 0.15) is 0 Å². The molecule has 0 amide bonds. The molecule has 6 heavy (non-hydrogen) atoms. The topological polar surface area (TPSA) is 26.0 Å². The largest absolute Gasteiger partial charge is 0.323 e. The van der Waals surface area contributed by atoms with Gasteiger partial charge in [-0.15, -0.1) is 0 Å². The van der Waals surface area contributed by atoms with E-state index in [-0.39, 0.29) is 6.04 Å². The van der Waals surface area contributed by atoms with E-state index in [9.17, 15) is 0 Å². The van der Waals surface area contributed by atoms with Gasteiger partial charge in [-0.05, 0) is 6.42 Å². The maximum absolute atomic E-state index is 5.26. The minimum atomic E-state index is -0.000000000000000222. The van der Waals surface area contributed by atoms with Crippen LogP contribution in [-0.2, 0) is 0 Å². The monoisotopic (exact) mass is 102 g/mol. The van der Waals surface area contributed by atoms with Gasteiger partial charge >= 0.3 is 0 Å². The van der Waals surface area contributed by atoms with Crippen molar-refractivity contribution in [3.8, 4) is 0 Å². The van der Waals surface area contributed by atoms with Crippen LogP contribution in [-0.4, -0.2) is 11.4 Å². The van der Waals surface area contributed by atoms with Crippen LogP contribution in [0.15, 0.2) is 0 Å². The van der Waals surface area contributed by atoms with E-state index in [2.05, 4.69) is 17.6 Å². The van der Waals surface area contributed by atoms with Crippen molar-refractivity contribution < 1.29 is 0 Å². The van der Waals surface area contributed by atoms with Crippen molar-refractivity contribution in [2.75, 3.05) is 0 Å². The van der Waals surface area contributed by atoms with E-state index in [1.165, 1.54) is 0 Å². The molecule has 1 atom stereocenters. The Morgan fingerprint density at radius 3 is 2.50 bits per heavy atom. The van der Waals surface area contributed by atoms with E-state index in [1.54, 1.807) is 0 Å². The molecule has 1 nitrogen and oxygen atoms in total. The van der Waals surface area contributed by atoms with Gasteiger partial charge in [-0.2, -0.15) is 0 Å². The molecule has 0 aliphatic heterocycles. The molecule has 0 aromatic heterocycles. The van der Waals surface area contributed by atoms with E-state index in [1.807, 2.05) is 6.92 Å². The highest BCUT2D eigenvalue weighted by molar-refractivity contribution is 7.79. The Morgan fingerprint density at radius 1 is 2.00 bits per heavy atom. The van der Waals surface area contributed by atoms with Crippen molar-refractivity contribution >= 4 is 17.6 Å². The summed E-state index contributed by atoms with van der Waals surface area (Å²) in [6.07, 6.45) is 0.892. The molecule has 0 aliphatic carbocycles. The van der Waals surface area contributed by atoms with Crippen LogP contribution < -0.4 is 5.73 Å². The molecule has 1 radical (unpaired) electrons. The van der Waals surface area contributed by atoms with E-state index in [4.69, 9.17) is 5.73 Å². The van der Waals surface area contributed by atoms with Crippen molar-refractivity contribution in [3.05, 3.63) is 0 Å². The number of thiocarbonyl (C=S) groups is 1. The molecule has 0 saturated heterocycles. The first-order chi connectivity index (χ1) is 2.81. The minimum Gasteiger partial charge on any atom is -0.323 e. The summed E-state index contributed by atoms with van der Waals surface area (Å²) in [5.74, 6) is 0. The first kappa shape index (κ1) is 6.05. The molecule has 2 N–H and O–H groups in total. The molecule has 0 aromatic rings. The van der Waals surface area contributed by atoms with Crippen molar-refractivity contribution in [1.82, 2.24) is 0 Å². The summed E-state index contributed by atoms with van der Waals surface area (Å²) in [6.45, 7) is 1.98. The summed E-state index contributed by atoms with van der Waals surface area (Å²) in [5.41, 5.74) is 5.26. The summed E-state index contributed by atoms with van der Waals surface area (Å²) >= 11 is 4.40. The van der Waals surface area contributed by atoms with Gasteiger partial charge in [-0.3, -0.25) is 0 Å². The molecular weight excluding hydrogens is 94.1 g/mol. The third kappa shape index (κ3) is 2.30. The molecule has 0 fully saturated rings. The maximum Gasteiger partial charge on any atom is 0.0474 e. The summed E-state index contributed by atoms with van der Waals surface area (Å²) < 4.78 is 0. The average Bonchev–Trinajstić information content (AvgIpc) is 1.65. The first-order valence-corrected chi connectivity index (χ1v) is 2.35. The van der Waals surface area contributed by atoms with Gasteiger partial charge in [0.15, 0.2) is 0 Å². The van der Waals surface area contributed by atoms with Crippen LogP contribution in [0.5, 0.6) is 0 Å². The first-order valence-electron chi connectivity index (χ1n) is 1.94. The van der Waals surface area contributed by atoms with Crippen LogP contribution in [0.4, 0.5) is 0 Å². The number of hydrogen-bond acceptors (Lipinski definition) is 2. The summed E-state index contributed by atoms with van der Waals surface area (Å²) in [5, 5.41) is 2.48. The van der Waals surface area contributed by atoms with Gasteiger partial charge in [0, 0.05) is 11.4 Å². The fraction of sp³-hybridized carbons (Fsp3) is 0.750. The van der Waals surface area contributed by atoms with Crippen LogP contribution in [0.2, 0.25) is 0 Å². The van der Waals surface area contributed by atoms with E-state index in [0.717, 1.165) is 6.42 Å². The Kier molecular flexibility index (Phi) is 3.28. The number of hydrogen-bond donors (Lipinski definition) is 1. The lowest BCUT2D eigenvalue weighted by Gasteiger charge is -1.92. The Hall–Kier alpha value is 0.0500. The Balaban J connectivity index is 2.96. The molecule has 0 saturated carbocycles. The van der Waals surface area contributed by atoms with Crippen molar-refractivity contribution in [1.29, 1.82) is 0 Å². The fourth-order valence-electron chi connectivity index (χ4n) is 0.0833. The zero-order valence-electron chi connectivity index (χ0n) is 3.77. The second kappa shape index (κ2) is 3.25. The normalized spacial score (nSPS) is 13.7. The molecule has 1 unspecified atom stereocenters. The third-order valence-corrected chi connectivity index (χ3v) is 0.894. The van der Waals surface area contributed by atoms with Gasteiger partial charge < -0.3 is 5.73 Å². The van der Waals surface area contributed by atoms with Crippen LogP contribution in [0.3, 0.4) is 0 Å². The molecule has 0 aliphatic rings. The Bertz CT molecular complexity index is 44.8. The van der Waals surface area contributed by atoms with Crippen LogP contribution in [0.1, 0.15) is 13.3 Å². The lowest BCUT2D eigenvalue weighted by Crippen LogP contribution is -2.18. The zero-order valence-corrected chi connectivity index (χ0v) is 4.59. The molecule has 35 valence electrons. The highest BCUT2D eigenvalue weighted by Gasteiger charge is 1.87. The lowest BCUT2D eigenvalue weighted by molar-refractivity contribution is 0.841. The van der Waals surface area contributed by atoms with Crippen LogP contribution in [0, 0.1) is 0 Å². The second-order valence-electron chi connectivity index (χ2n) is 1.13. The maximum atomic E-state index is 5.26. The molecule has 0 spiro atoms. The summed E-state index contributed by atoms with van der Waals surface area (Å²) in [6, 6.07) is -0.000000000000000222. The molecule has 0 rings (SSSR count). The molecule has 0 aromatic carbocycles. The predicted octanol–water partition coefficient (Wildman–Crippen LogP) is 0.600. The summed E-state index contributed by atoms with van der Waals surface area (Å²) in [4.78, 5) is 0. The molecule has 0 heterocycles. The van der Waals surface area contributed by atoms with Crippen molar-refractivity contribution in [3.63, 3.8) is 0 Å². The highest BCUT2D eigenvalue weighted by Crippen LogP contribution is 1.77. The Labute approximate surface area is 43.5 Å². The Morgan fingerprint density at radius 2 is 2.50 bits per heavy atom. The van der Waals surface area contributed by atoms with Gasteiger partial charge in [-0.25, -0.2) is 0 Å². The average molecular weight is 102 g/mol. The van der Waals surface area contributed by atoms with Crippen molar-refractivity contribution in [2.45, 2.75) is 19.4 Å². The summed E-state index contributed by atoms with van der Waals surface area (Å²) in [7, 11) is 0. The van der Waals surface area contributed by atoms with Gasteiger partial charge in [0.05, 0.1) is 0 Å². The van der Waals surface area contributed by atoms with E-state index in [0.29, 0.717) is 0 Å². The highest BCUT2D eigenvalue weighted by atomic mass is 32.1. The number of rotatable bonds is 2. The van der Waals surface area contributed by atoms with E-state index < -0.39 is 0 Å². The minimum absolute atomic E-state index is 0.000000000000000222. The predicted molar refractivity (Wildman–Crippen MR) is 30.9 cm³/mol. The smallest absolute Gasteiger partial charge is 0.0474 e. The SMILES string of the molecule is CCC(N)[C]=S. The molecular formula is C4H8NS. The molecule has 2 heteroatoms. The zero-order chi connectivity index (χ0) is 4.99. The fourth-order valence-corrected chi connectivity index (χ4v) is 0.250. The van der Waals surface area contributed by atoms with Gasteiger partial charge in [-0.1, -0.05) is 19.1 Å². The van der Waals surface area contributed by atoms with Crippen molar-refractivity contribution in [2.24, 2.45) is 5.73 Å². The standard InChI is InChI=1S/C4H8NS/c1-2-4(5)3-6/h4H,2,5H2,1H3. The van der Waals surface area contributed by atoms with E-state index >= 15 is 0 Å². The van der Waals surface area contributed by atoms with Crippen LogP contribution in [0.25, 0.3) is 0 Å². The quantitative estimate of drug-likeness (QED) is 0.517. The number of nitrogens with two attached hydrogens (primary N) is 1. The third-order valence-electron chi connectivity index (χ3n) is 0.591. The van der Waals surface area contributed by atoms with Gasteiger partial charge in [0.2, 0.25) is 0 Å². The van der Waals surface area contributed by atoms with Crippen LogP contribution >= 0.6 is 12.2 Å². The van der Waals surface area contributed by atoms with Gasteiger partial charge in [0.25, 0.3) is 0 Å². The second-order valence-corrected chi connectivity index (χ2v) is 1.37.